The van der Waals surface area contributed by atoms with E-state index in [-0.39, 0.29) is 11.6 Å². The van der Waals surface area contributed by atoms with Crippen molar-refractivity contribution in [2.45, 2.75) is 13.0 Å². The van der Waals surface area contributed by atoms with Crippen LogP contribution in [0, 0.1) is 5.82 Å². The molecule has 6 heteroatoms. The first-order valence-corrected chi connectivity index (χ1v) is 7.71. The van der Waals surface area contributed by atoms with Crippen LogP contribution >= 0.6 is 0 Å². The van der Waals surface area contributed by atoms with E-state index in [0.29, 0.717) is 17.8 Å². The number of rotatable bonds is 5. The van der Waals surface area contributed by atoms with E-state index in [1.165, 1.54) is 12.3 Å². The molecule has 0 aliphatic carbocycles. The molecular weight excluding hydrogens is 255 g/mol. The van der Waals surface area contributed by atoms with Crippen molar-refractivity contribution in [3.8, 4) is 0 Å². The van der Waals surface area contributed by atoms with Gasteiger partial charge in [0.05, 0.1) is 5.75 Å². The summed E-state index contributed by atoms with van der Waals surface area (Å²) in [6.07, 6.45) is 1.18. The minimum atomic E-state index is -3.04. The molecule has 0 unspecified atom stereocenters. The zero-order chi connectivity index (χ0) is 13.9. The first-order chi connectivity index (χ1) is 8.22. The van der Waals surface area contributed by atoms with Gasteiger partial charge < -0.3 is 10.6 Å². The molecule has 0 aromatic heterocycles. The number of hydrogen-bond donors (Lipinski definition) is 1. The number of sulfone groups is 1. The van der Waals surface area contributed by atoms with Crippen LogP contribution in [0.15, 0.2) is 18.2 Å². The number of nitrogens with two attached hydrogens (primary N) is 1. The molecule has 0 spiro atoms. The van der Waals surface area contributed by atoms with Gasteiger partial charge in [-0.3, -0.25) is 0 Å². The second-order valence-corrected chi connectivity index (χ2v) is 6.77. The summed E-state index contributed by atoms with van der Waals surface area (Å²) in [5.41, 5.74) is 6.79. The van der Waals surface area contributed by atoms with Crippen molar-refractivity contribution in [2.24, 2.45) is 5.73 Å². The minimum absolute atomic E-state index is 0.0262. The number of benzene rings is 1. The quantitative estimate of drug-likeness (QED) is 0.879. The predicted octanol–water partition coefficient (Wildman–Crippen LogP) is 1.33. The molecule has 0 fully saturated rings. The molecule has 0 saturated heterocycles. The summed E-state index contributed by atoms with van der Waals surface area (Å²) < 4.78 is 36.0. The Hall–Kier alpha value is -1.14. The zero-order valence-electron chi connectivity index (χ0n) is 10.9. The SMILES string of the molecule is C[C@@H](N)c1c(F)cccc1N(C)CCS(C)(=O)=O. The first-order valence-electron chi connectivity index (χ1n) is 5.65. The molecule has 18 heavy (non-hydrogen) atoms. The molecule has 0 amide bonds. The van der Waals surface area contributed by atoms with Crippen molar-refractivity contribution in [1.82, 2.24) is 0 Å². The molecule has 0 bridgehead atoms. The van der Waals surface area contributed by atoms with E-state index in [1.54, 1.807) is 31.0 Å². The van der Waals surface area contributed by atoms with Crippen LogP contribution in [0.2, 0.25) is 0 Å². The highest BCUT2D eigenvalue weighted by atomic mass is 32.2. The highest BCUT2D eigenvalue weighted by molar-refractivity contribution is 7.90. The normalized spacial score (nSPS) is 13.4. The Morgan fingerprint density at radius 1 is 1.44 bits per heavy atom. The number of hydrogen-bond acceptors (Lipinski definition) is 4. The smallest absolute Gasteiger partial charge is 0.149 e. The highest BCUT2D eigenvalue weighted by Gasteiger charge is 2.16. The summed E-state index contributed by atoms with van der Waals surface area (Å²) in [4.78, 5) is 1.71. The Bertz CT molecular complexity index is 515. The Balaban J connectivity index is 2.99. The maximum absolute atomic E-state index is 13.7. The van der Waals surface area contributed by atoms with Gasteiger partial charge in [0.15, 0.2) is 0 Å². The van der Waals surface area contributed by atoms with Gasteiger partial charge in [0.25, 0.3) is 0 Å². The van der Waals surface area contributed by atoms with E-state index >= 15 is 0 Å². The van der Waals surface area contributed by atoms with E-state index in [2.05, 4.69) is 0 Å². The fourth-order valence-electron chi connectivity index (χ4n) is 1.73. The summed E-state index contributed by atoms with van der Waals surface area (Å²) in [6, 6.07) is 4.24. The predicted molar refractivity (Wildman–Crippen MR) is 72.0 cm³/mol. The third-order valence-electron chi connectivity index (χ3n) is 2.69. The van der Waals surface area contributed by atoms with Gasteiger partial charge in [0.2, 0.25) is 0 Å². The summed E-state index contributed by atoms with van der Waals surface area (Å²) in [5.74, 6) is -0.341. The van der Waals surface area contributed by atoms with E-state index < -0.39 is 15.9 Å². The molecule has 1 aromatic carbocycles. The lowest BCUT2D eigenvalue weighted by Crippen LogP contribution is -2.27. The molecular formula is C12H19FN2O2S. The summed E-state index contributed by atoms with van der Waals surface area (Å²) >= 11 is 0. The maximum atomic E-state index is 13.7. The van der Waals surface area contributed by atoms with Crippen LogP contribution < -0.4 is 10.6 Å². The molecule has 1 aromatic rings. The third kappa shape index (κ3) is 3.96. The van der Waals surface area contributed by atoms with E-state index in [9.17, 15) is 12.8 Å². The standard InChI is InChI=1S/C12H19FN2O2S/c1-9(14)12-10(13)5-4-6-11(12)15(2)7-8-18(3,16)17/h4-6,9H,7-8,14H2,1-3H3/t9-/m1/s1. The van der Waals surface area contributed by atoms with Gasteiger partial charge in [-0.1, -0.05) is 6.07 Å². The molecule has 0 aliphatic rings. The Morgan fingerprint density at radius 3 is 2.56 bits per heavy atom. The highest BCUT2D eigenvalue weighted by Crippen LogP contribution is 2.26. The van der Waals surface area contributed by atoms with Gasteiger partial charge in [0.1, 0.15) is 15.7 Å². The van der Waals surface area contributed by atoms with Gasteiger partial charge in [-0.15, -0.1) is 0 Å². The fourth-order valence-corrected chi connectivity index (χ4v) is 2.34. The van der Waals surface area contributed by atoms with E-state index in [0.717, 1.165) is 0 Å². The summed E-state index contributed by atoms with van der Waals surface area (Å²) in [7, 11) is -1.31. The summed E-state index contributed by atoms with van der Waals surface area (Å²) in [6.45, 7) is 2.01. The molecule has 2 N–H and O–H groups in total. The van der Waals surface area contributed by atoms with Crippen molar-refractivity contribution in [1.29, 1.82) is 0 Å². The number of nitrogens with zero attached hydrogens (tertiary/aromatic N) is 1. The summed E-state index contributed by atoms with van der Waals surface area (Å²) in [5, 5.41) is 0. The van der Waals surface area contributed by atoms with Gasteiger partial charge in [-0.2, -0.15) is 0 Å². The van der Waals surface area contributed by atoms with Gasteiger partial charge in [-0.05, 0) is 19.1 Å². The zero-order valence-corrected chi connectivity index (χ0v) is 11.7. The van der Waals surface area contributed by atoms with Crippen LogP contribution in [0.25, 0.3) is 0 Å². The van der Waals surface area contributed by atoms with E-state index in [4.69, 9.17) is 5.73 Å². The Kier molecular flexibility index (Phi) is 4.70. The molecule has 4 nitrogen and oxygen atoms in total. The van der Waals surface area contributed by atoms with Crippen LogP contribution in [0.4, 0.5) is 10.1 Å². The van der Waals surface area contributed by atoms with Gasteiger partial charge >= 0.3 is 0 Å². The molecule has 102 valence electrons. The Morgan fingerprint density at radius 2 is 2.06 bits per heavy atom. The largest absolute Gasteiger partial charge is 0.373 e. The lowest BCUT2D eigenvalue weighted by Gasteiger charge is -2.24. The minimum Gasteiger partial charge on any atom is -0.373 e. The fraction of sp³-hybridized carbons (Fsp3) is 0.500. The second-order valence-electron chi connectivity index (χ2n) is 4.51. The van der Waals surface area contributed by atoms with Crippen molar-refractivity contribution < 1.29 is 12.8 Å². The van der Waals surface area contributed by atoms with Crippen LogP contribution in [-0.2, 0) is 9.84 Å². The van der Waals surface area contributed by atoms with Crippen LogP contribution in [-0.4, -0.2) is 34.0 Å². The molecule has 0 heterocycles. The second kappa shape index (κ2) is 5.67. The number of halogens is 1. The average Bonchev–Trinajstić information content (AvgIpc) is 2.24. The lowest BCUT2D eigenvalue weighted by atomic mass is 10.1. The molecule has 0 aliphatic heterocycles. The third-order valence-corrected chi connectivity index (χ3v) is 3.62. The monoisotopic (exact) mass is 274 g/mol. The topological polar surface area (TPSA) is 63.4 Å². The van der Waals surface area contributed by atoms with Crippen LogP contribution in [0.3, 0.4) is 0 Å². The Labute approximate surface area is 108 Å². The average molecular weight is 274 g/mol. The van der Waals surface area contributed by atoms with Gasteiger partial charge in [-0.25, -0.2) is 12.8 Å². The number of anilines is 1. The van der Waals surface area contributed by atoms with Crippen molar-refractivity contribution >= 4 is 15.5 Å². The van der Waals surface area contributed by atoms with E-state index in [1.807, 2.05) is 0 Å². The van der Waals surface area contributed by atoms with Crippen molar-refractivity contribution in [3.63, 3.8) is 0 Å². The van der Waals surface area contributed by atoms with Crippen LogP contribution in [0.1, 0.15) is 18.5 Å². The maximum Gasteiger partial charge on any atom is 0.149 e. The van der Waals surface area contributed by atoms with Gasteiger partial charge in [0, 0.05) is 37.1 Å². The van der Waals surface area contributed by atoms with Crippen molar-refractivity contribution in [3.05, 3.63) is 29.6 Å². The first kappa shape index (κ1) is 14.9. The van der Waals surface area contributed by atoms with Crippen LogP contribution in [0.5, 0.6) is 0 Å². The molecule has 0 radical (unpaired) electrons. The molecule has 1 rings (SSSR count). The van der Waals surface area contributed by atoms with Crippen molar-refractivity contribution in [2.75, 3.05) is 30.5 Å². The molecule has 0 saturated carbocycles. The lowest BCUT2D eigenvalue weighted by molar-refractivity contribution is 0.592. The molecule has 1 atom stereocenters.